The van der Waals surface area contributed by atoms with E-state index in [2.05, 4.69) is 24.9 Å². The maximum absolute atomic E-state index is 13.9. The standard InChI is InChI=1S/C29H39FN8O3/c1-3-40-13-5-4-6-14-41-15-12-36(2)29(39)35-37-10-7-8-23(20-37)38-11-9-21-17-31-27(34-28(21)38)25-19-33-26-24(25)16-22(30)18-32-26/h9,11,16-19,23H,3-8,10,12-15,20H2,1-2H3,(H,32,33)(H,35,39)/t23-/m0/s1. The molecule has 0 aromatic carbocycles. The molecule has 0 spiro atoms. The number of hydrogen-bond donors (Lipinski definition) is 2. The summed E-state index contributed by atoms with van der Waals surface area (Å²) < 4.78 is 27.1. The first-order valence-electron chi connectivity index (χ1n) is 14.4. The number of nitrogens with zero attached hydrogens (tertiary/aromatic N) is 6. The SMILES string of the molecule is CCOCCCCCOCCN(C)C(=O)NN1CCC[C@H](n2ccc3cnc(-c4c[nH]c5ncc(F)cc45)nc32)C1. The fourth-order valence-corrected chi connectivity index (χ4v) is 5.16. The Kier molecular flexibility index (Phi) is 9.75. The van der Waals surface area contributed by atoms with E-state index in [9.17, 15) is 9.18 Å². The maximum Gasteiger partial charge on any atom is 0.331 e. The fourth-order valence-electron chi connectivity index (χ4n) is 5.16. The third-order valence-corrected chi connectivity index (χ3v) is 7.44. The minimum Gasteiger partial charge on any atom is -0.382 e. The van der Waals surface area contributed by atoms with E-state index in [4.69, 9.17) is 14.5 Å². The third-order valence-electron chi connectivity index (χ3n) is 7.44. The van der Waals surface area contributed by atoms with Gasteiger partial charge in [0, 0.05) is 87.5 Å². The van der Waals surface area contributed by atoms with Gasteiger partial charge in [-0.2, -0.15) is 0 Å². The fraction of sp³-hybridized carbons (Fsp3) is 0.517. The van der Waals surface area contributed by atoms with Crippen molar-refractivity contribution in [2.24, 2.45) is 0 Å². The van der Waals surface area contributed by atoms with Crippen LogP contribution in [0.15, 0.2) is 36.9 Å². The molecule has 0 unspecified atom stereocenters. The van der Waals surface area contributed by atoms with Crippen molar-refractivity contribution in [3.05, 3.63) is 42.7 Å². The van der Waals surface area contributed by atoms with Gasteiger partial charge in [0.1, 0.15) is 17.1 Å². The number of amides is 2. The number of ether oxygens (including phenoxy) is 2. The number of aromatic amines is 1. The minimum atomic E-state index is -0.408. The van der Waals surface area contributed by atoms with Crippen LogP contribution in [0.25, 0.3) is 33.5 Å². The lowest BCUT2D eigenvalue weighted by Crippen LogP contribution is -2.52. The van der Waals surface area contributed by atoms with Crippen LogP contribution in [0.3, 0.4) is 0 Å². The number of pyridine rings is 1. The lowest BCUT2D eigenvalue weighted by atomic mass is 10.1. The highest BCUT2D eigenvalue weighted by atomic mass is 19.1. The van der Waals surface area contributed by atoms with Gasteiger partial charge < -0.3 is 23.9 Å². The van der Waals surface area contributed by atoms with Crippen LogP contribution < -0.4 is 5.43 Å². The first-order chi connectivity index (χ1) is 20.0. The van der Waals surface area contributed by atoms with E-state index >= 15 is 0 Å². The molecule has 1 aliphatic heterocycles. The number of hydrazine groups is 1. The zero-order valence-electron chi connectivity index (χ0n) is 23.8. The second-order valence-electron chi connectivity index (χ2n) is 10.4. The molecule has 12 heteroatoms. The summed E-state index contributed by atoms with van der Waals surface area (Å²) in [5.74, 6) is 0.0980. The molecule has 1 saturated heterocycles. The lowest BCUT2D eigenvalue weighted by molar-refractivity contribution is 0.0916. The monoisotopic (exact) mass is 566 g/mol. The van der Waals surface area contributed by atoms with Gasteiger partial charge in [-0.1, -0.05) is 0 Å². The number of aromatic nitrogens is 5. The normalized spacial score (nSPS) is 16.0. The number of hydrogen-bond acceptors (Lipinski definition) is 7. The summed E-state index contributed by atoms with van der Waals surface area (Å²) in [5.41, 5.74) is 5.15. The quantitative estimate of drug-likeness (QED) is 0.229. The molecule has 2 amide bonds. The molecule has 0 radical (unpaired) electrons. The van der Waals surface area contributed by atoms with E-state index in [0.717, 1.165) is 62.9 Å². The van der Waals surface area contributed by atoms with Crippen molar-refractivity contribution in [2.75, 3.05) is 53.1 Å². The van der Waals surface area contributed by atoms with E-state index < -0.39 is 5.82 Å². The molecule has 5 rings (SSSR count). The number of fused-ring (bicyclic) bond motifs is 2. The third kappa shape index (κ3) is 7.19. The average molecular weight is 567 g/mol. The van der Waals surface area contributed by atoms with Crippen molar-refractivity contribution in [2.45, 2.75) is 45.1 Å². The Morgan fingerprint density at radius 2 is 2.05 bits per heavy atom. The Hall–Kier alpha value is -3.61. The number of carbonyl (C=O) groups is 1. The molecule has 11 nitrogen and oxygen atoms in total. The largest absolute Gasteiger partial charge is 0.382 e. The summed E-state index contributed by atoms with van der Waals surface area (Å²) in [5, 5.41) is 3.54. The zero-order valence-corrected chi connectivity index (χ0v) is 23.8. The van der Waals surface area contributed by atoms with E-state index in [1.807, 2.05) is 24.2 Å². The number of urea groups is 1. The second kappa shape index (κ2) is 13.8. The number of H-pyrrole nitrogens is 1. The molecule has 1 aliphatic rings. The number of likely N-dealkylation sites (N-methyl/N-ethyl adjacent to an activating group) is 1. The first-order valence-corrected chi connectivity index (χ1v) is 14.4. The highest BCUT2D eigenvalue weighted by Crippen LogP contribution is 2.29. The molecule has 5 heterocycles. The molecule has 2 N–H and O–H groups in total. The van der Waals surface area contributed by atoms with Crippen LogP contribution in [0.4, 0.5) is 9.18 Å². The van der Waals surface area contributed by atoms with Crippen molar-refractivity contribution in [1.82, 2.24) is 39.8 Å². The van der Waals surface area contributed by atoms with Gasteiger partial charge in [-0.3, -0.25) is 5.43 Å². The highest BCUT2D eigenvalue weighted by molar-refractivity contribution is 5.92. The van der Waals surface area contributed by atoms with Gasteiger partial charge in [0.2, 0.25) is 0 Å². The second-order valence-corrected chi connectivity index (χ2v) is 10.4. The van der Waals surface area contributed by atoms with Gasteiger partial charge in [0.15, 0.2) is 5.82 Å². The smallest absolute Gasteiger partial charge is 0.331 e. The van der Waals surface area contributed by atoms with E-state index in [1.165, 1.54) is 12.3 Å². The van der Waals surface area contributed by atoms with Crippen molar-refractivity contribution >= 4 is 28.1 Å². The minimum absolute atomic E-state index is 0.128. The molecule has 220 valence electrons. The number of carbonyl (C=O) groups excluding carboxylic acids is 1. The molecule has 0 saturated carbocycles. The van der Waals surface area contributed by atoms with Crippen LogP contribution in [0.2, 0.25) is 0 Å². The summed E-state index contributed by atoms with van der Waals surface area (Å²) in [7, 11) is 1.78. The van der Waals surface area contributed by atoms with Crippen molar-refractivity contribution in [3.8, 4) is 11.4 Å². The molecule has 0 bridgehead atoms. The Bertz CT molecular complexity index is 1440. The van der Waals surface area contributed by atoms with Gasteiger partial charge in [-0.15, -0.1) is 0 Å². The predicted molar refractivity (Wildman–Crippen MR) is 155 cm³/mol. The van der Waals surface area contributed by atoms with E-state index in [0.29, 0.717) is 48.7 Å². The van der Waals surface area contributed by atoms with Gasteiger partial charge >= 0.3 is 6.03 Å². The van der Waals surface area contributed by atoms with Crippen LogP contribution in [0.1, 0.15) is 45.1 Å². The summed E-state index contributed by atoms with van der Waals surface area (Å²) in [6.45, 7) is 6.73. The predicted octanol–water partition coefficient (Wildman–Crippen LogP) is 4.53. The molecule has 1 atom stereocenters. The lowest BCUT2D eigenvalue weighted by Gasteiger charge is -2.34. The van der Waals surface area contributed by atoms with Gasteiger partial charge in [0.05, 0.1) is 12.8 Å². The van der Waals surface area contributed by atoms with E-state index in [1.54, 1.807) is 24.3 Å². The van der Waals surface area contributed by atoms with Crippen LogP contribution in [0, 0.1) is 5.82 Å². The number of halogens is 1. The first kappa shape index (κ1) is 28.9. The highest BCUT2D eigenvalue weighted by Gasteiger charge is 2.25. The molecule has 4 aromatic rings. The van der Waals surface area contributed by atoms with Gasteiger partial charge in [-0.25, -0.2) is 29.1 Å². The molecule has 1 fully saturated rings. The molecular weight excluding hydrogens is 527 g/mol. The van der Waals surface area contributed by atoms with Crippen LogP contribution >= 0.6 is 0 Å². The molecular formula is C29H39FN8O3. The Morgan fingerprint density at radius 1 is 1.20 bits per heavy atom. The van der Waals surface area contributed by atoms with Gasteiger partial charge in [0.25, 0.3) is 0 Å². The van der Waals surface area contributed by atoms with E-state index in [-0.39, 0.29) is 12.1 Å². The number of piperidine rings is 1. The summed E-state index contributed by atoms with van der Waals surface area (Å²) in [6.07, 6.45) is 11.8. The van der Waals surface area contributed by atoms with Gasteiger partial charge in [-0.05, 0) is 51.2 Å². The molecule has 0 aliphatic carbocycles. The number of unbranched alkanes of at least 4 members (excludes halogenated alkanes) is 2. The van der Waals surface area contributed by atoms with Crippen molar-refractivity contribution in [1.29, 1.82) is 0 Å². The zero-order chi connectivity index (χ0) is 28.6. The average Bonchev–Trinajstić information content (AvgIpc) is 3.60. The summed E-state index contributed by atoms with van der Waals surface area (Å²) in [6, 6.07) is 3.42. The number of rotatable bonds is 13. The number of nitrogens with one attached hydrogen (secondary N) is 2. The Morgan fingerprint density at radius 3 is 2.90 bits per heavy atom. The summed E-state index contributed by atoms with van der Waals surface area (Å²) >= 11 is 0. The summed E-state index contributed by atoms with van der Waals surface area (Å²) in [4.78, 5) is 31.1. The topological polar surface area (TPSA) is 113 Å². The van der Waals surface area contributed by atoms with Crippen LogP contribution in [-0.4, -0.2) is 93.6 Å². The Balaban J connectivity index is 1.15. The van der Waals surface area contributed by atoms with Crippen LogP contribution in [-0.2, 0) is 9.47 Å². The van der Waals surface area contributed by atoms with Crippen LogP contribution in [0.5, 0.6) is 0 Å². The molecule has 4 aromatic heterocycles. The molecule has 41 heavy (non-hydrogen) atoms. The maximum atomic E-state index is 13.9. The van der Waals surface area contributed by atoms with Crippen molar-refractivity contribution in [3.63, 3.8) is 0 Å². The van der Waals surface area contributed by atoms with Crippen molar-refractivity contribution < 1.29 is 18.7 Å². The Labute approximate surface area is 239 Å².